The van der Waals surface area contributed by atoms with Crippen LogP contribution in [0.5, 0.6) is 5.75 Å². The van der Waals surface area contributed by atoms with E-state index in [1.54, 1.807) is 25.6 Å². The average molecular weight is 466 g/mol. The SMILES string of the molecule is COC(=O)C1=CN(C[C@H]2CCCO2)C=C(C(=O)OC)C1c1ccc(OC)c(Br)c1. The topological polar surface area (TPSA) is 74.3 Å². The van der Waals surface area contributed by atoms with Crippen LogP contribution in [-0.4, -0.2) is 57.4 Å². The van der Waals surface area contributed by atoms with Gasteiger partial charge in [-0.1, -0.05) is 6.07 Å². The van der Waals surface area contributed by atoms with E-state index in [4.69, 9.17) is 18.9 Å². The van der Waals surface area contributed by atoms with Crippen LogP contribution in [0.3, 0.4) is 0 Å². The van der Waals surface area contributed by atoms with Crippen LogP contribution in [0.2, 0.25) is 0 Å². The molecule has 0 bridgehead atoms. The van der Waals surface area contributed by atoms with E-state index in [1.807, 2.05) is 17.0 Å². The van der Waals surface area contributed by atoms with Crippen LogP contribution in [0, 0.1) is 0 Å². The Morgan fingerprint density at radius 3 is 2.28 bits per heavy atom. The number of hydrogen-bond donors (Lipinski definition) is 0. The molecular formula is C21H24BrNO6. The standard InChI is InChI=1S/C21H24BrNO6/c1-26-18-7-6-13(9-17(18)22)19-15(20(24)27-2)11-23(10-14-5-4-8-29-14)12-16(19)21(25)28-3/h6-7,9,11-12,14,19H,4-5,8,10H2,1-3H3/t14-/m1/s1. The summed E-state index contributed by atoms with van der Waals surface area (Å²) in [5.74, 6) is -0.989. The fourth-order valence-corrected chi connectivity index (χ4v) is 4.20. The molecule has 2 aliphatic rings. The molecule has 0 unspecified atom stereocenters. The second kappa shape index (κ2) is 9.45. The molecule has 0 spiro atoms. The fraction of sp³-hybridized carbons (Fsp3) is 0.429. The summed E-state index contributed by atoms with van der Waals surface area (Å²) in [4.78, 5) is 27.1. The van der Waals surface area contributed by atoms with Gasteiger partial charge in [-0.15, -0.1) is 0 Å². The Kier molecular flexibility index (Phi) is 6.97. The lowest BCUT2D eigenvalue weighted by Crippen LogP contribution is -2.32. The summed E-state index contributed by atoms with van der Waals surface area (Å²) >= 11 is 3.47. The summed E-state index contributed by atoms with van der Waals surface area (Å²) in [6.07, 6.45) is 5.44. The van der Waals surface area contributed by atoms with Crippen molar-refractivity contribution in [1.29, 1.82) is 0 Å². The molecule has 2 aliphatic heterocycles. The zero-order chi connectivity index (χ0) is 21.0. The van der Waals surface area contributed by atoms with Gasteiger partial charge in [0.15, 0.2) is 0 Å². The Hall–Kier alpha value is -2.32. The Bertz CT molecular complexity index is 810. The lowest BCUT2D eigenvalue weighted by Gasteiger charge is -2.31. The van der Waals surface area contributed by atoms with Crippen LogP contribution in [0.1, 0.15) is 24.3 Å². The summed E-state index contributed by atoms with van der Waals surface area (Å²) in [6.45, 7) is 1.27. The third kappa shape index (κ3) is 4.64. The highest BCUT2D eigenvalue weighted by atomic mass is 79.9. The van der Waals surface area contributed by atoms with Gasteiger partial charge in [0.1, 0.15) is 5.75 Å². The van der Waals surface area contributed by atoms with Gasteiger partial charge in [-0.05, 0) is 46.5 Å². The van der Waals surface area contributed by atoms with Crippen molar-refractivity contribution in [3.63, 3.8) is 0 Å². The lowest BCUT2D eigenvalue weighted by molar-refractivity contribution is -0.137. The van der Waals surface area contributed by atoms with Crippen molar-refractivity contribution < 1.29 is 28.5 Å². The molecule has 1 aromatic carbocycles. The van der Waals surface area contributed by atoms with Crippen LogP contribution in [0.15, 0.2) is 46.2 Å². The first-order chi connectivity index (χ1) is 14.0. The number of ether oxygens (including phenoxy) is 4. The van der Waals surface area contributed by atoms with Crippen molar-refractivity contribution in [3.8, 4) is 5.75 Å². The van der Waals surface area contributed by atoms with Gasteiger partial charge in [0.25, 0.3) is 0 Å². The van der Waals surface area contributed by atoms with Crippen LogP contribution >= 0.6 is 15.9 Å². The van der Waals surface area contributed by atoms with E-state index in [0.717, 1.165) is 25.0 Å². The van der Waals surface area contributed by atoms with Crippen molar-refractivity contribution in [3.05, 3.63) is 51.8 Å². The molecule has 1 atom stereocenters. The number of esters is 2. The van der Waals surface area contributed by atoms with E-state index in [-0.39, 0.29) is 6.10 Å². The Balaban J connectivity index is 2.04. The molecule has 2 heterocycles. The summed E-state index contributed by atoms with van der Waals surface area (Å²) in [5, 5.41) is 0. The van der Waals surface area contributed by atoms with Crippen molar-refractivity contribution in [1.82, 2.24) is 4.90 Å². The first kappa shape index (κ1) is 21.4. The van der Waals surface area contributed by atoms with Gasteiger partial charge in [-0.25, -0.2) is 9.59 Å². The molecule has 1 aromatic rings. The molecule has 7 nitrogen and oxygen atoms in total. The summed E-state index contributed by atoms with van der Waals surface area (Å²) in [5.41, 5.74) is 1.44. The molecule has 0 aromatic heterocycles. The first-order valence-electron chi connectivity index (χ1n) is 9.29. The van der Waals surface area contributed by atoms with Crippen LogP contribution in [0.25, 0.3) is 0 Å². The third-order valence-corrected chi connectivity index (χ3v) is 5.64. The van der Waals surface area contributed by atoms with Gasteiger partial charge in [-0.2, -0.15) is 0 Å². The highest BCUT2D eigenvalue weighted by Crippen LogP contribution is 2.39. The number of methoxy groups -OCH3 is 3. The maximum atomic E-state index is 12.6. The number of nitrogens with zero attached hydrogens (tertiary/aromatic N) is 1. The number of hydrogen-bond acceptors (Lipinski definition) is 7. The number of benzene rings is 1. The molecule has 8 heteroatoms. The van der Waals surface area contributed by atoms with E-state index in [1.165, 1.54) is 14.2 Å². The zero-order valence-electron chi connectivity index (χ0n) is 16.6. The molecule has 0 amide bonds. The van der Waals surface area contributed by atoms with Gasteiger partial charge in [0.2, 0.25) is 0 Å². The number of carbonyl (C=O) groups excluding carboxylic acids is 2. The zero-order valence-corrected chi connectivity index (χ0v) is 18.2. The van der Waals surface area contributed by atoms with Crippen LogP contribution in [0.4, 0.5) is 0 Å². The van der Waals surface area contributed by atoms with Gasteiger partial charge in [-0.3, -0.25) is 0 Å². The van der Waals surface area contributed by atoms with E-state index in [2.05, 4.69) is 15.9 Å². The van der Waals surface area contributed by atoms with Crippen molar-refractivity contribution >= 4 is 27.9 Å². The maximum Gasteiger partial charge on any atom is 0.336 e. The Morgan fingerprint density at radius 2 is 1.79 bits per heavy atom. The predicted molar refractivity (Wildman–Crippen MR) is 109 cm³/mol. The van der Waals surface area contributed by atoms with Gasteiger partial charge >= 0.3 is 11.9 Å². The van der Waals surface area contributed by atoms with Crippen LogP contribution < -0.4 is 4.74 Å². The second-order valence-electron chi connectivity index (χ2n) is 6.81. The molecular weight excluding hydrogens is 442 g/mol. The summed E-state index contributed by atoms with van der Waals surface area (Å²) in [7, 11) is 4.22. The van der Waals surface area contributed by atoms with E-state index in [9.17, 15) is 9.59 Å². The molecule has 0 N–H and O–H groups in total. The molecule has 156 valence electrons. The normalized spacial score (nSPS) is 19.4. The van der Waals surface area contributed by atoms with E-state index >= 15 is 0 Å². The highest BCUT2D eigenvalue weighted by Gasteiger charge is 2.36. The molecule has 1 fully saturated rings. The minimum atomic E-state index is -0.627. The molecule has 0 radical (unpaired) electrons. The highest BCUT2D eigenvalue weighted by molar-refractivity contribution is 9.10. The van der Waals surface area contributed by atoms with E-state index in [0.29, 0.717) is 27.9 Å². The maximum absolute atomic E-state index is 12.6. The number of carbonyl (C=O) groups is 2. The van der Waals surface area contributed by atoms with Gasteiger partial charge in [0.05, 0.1) is 49.0 Å². The molecule has 1 saturated heterocycles. The van der Waals surface area contributed by atoms with Crippen LogP contribution in [-0.2, 0) is 23.8 Å². The fourth-order valence-electron chi connectivity index (χ4n) is 3.64. The van der Waals surface area contributed by atoms with Gasteiger partial charge < -0.3 is 23.8 Å². The predicted octanol–water partition coefficient (Wildman–Crippen LogP) is 3.15. The number of halogens is 1. The van der Waals surface area contributed by atoms with Crippen molar-refractivity contribution in [2.75, 3.05) is 34.5 Å². The monoisotopic (exact) mass is 465 g/mol. The summed E-state index contributed by atoms with van der Waals surface area (Å²) < 4.78 is 21.7. The molecule has 0 saturated carbocycles. The lowest BCUT2D eigenvalue weighted by atomic mass is 9.83. The average Bonchev–Trinajstić information content (AvgIpc) is 3.24. The Labute approximate surface area is 178 Å². The third-order valence-electron chi connectivity index (χ3n) is 5.02. The van der Waals surface area contributed by atoms with Crippen molar-refractivity contribution in [2.24, 2.45) is 0 Å². The molecule has 3 rings (SSSR count). The minimum Gasteiger partial charge on any atom is -0.496 e. The van der Waals surface area contributed by atoms with E-state index < -0.39 is 17.9 Å². The first-order valence-corrected chi connectivity index (χ1v) is 10.1. The quantitative estimate of drug-likeness (QED) is 0.597. The Morgan fingerprint density at radius 1 is 1.14 bits per heavy atom. The van der Waals surface area contributed by atoms with Crippen molar-refractivity contribution in [2.45, 2.75) is 24.9 Å². The minimum absolute atomic E-state index is 0.0481. The second-order valence-corrected chi connectivity index (χ2v) is 7.67. The molecule has 0 aliphatic carbocycles. The van der Waals surface area contributed by atoms with Gasteiger partial charge in [0, 0.05) is 25.6 Å². The largest absolute Gasteiger partial charge is 0.496 e. The molecule has 29 heavy (non-hydrogen) atoms. The number of rotatable bonds is 6. The summed E-state index contributed by atoms with van der Waals surface area (Å²) in [6, 6.07) is 5.42. The smallest absolute Gasteiger partial charge is 0.336 e.